The Labute approximate surface area is 240 Å². The van der Waals surface area contributed by atoms with Gasteiger partial charge in [-0.05, 0) is 79.2 Å². The molecule has 3 aromatic rings. The molecule has 0 atom stereocenters. The molecule has 0 aliphatic heterocycles. The number of ether oxygens (including phenoxy) is 2. The van der Waals surface area contributed by atoms with Crippen LogP contribution in [0.1, 0.15) is 85.1 Å². The lowest BCUT2D eigenvalue weighted by Gasteiger charge is -2.34. The van der Waals surface area contributed by atoms with Crippen LogP contribution in [-0.2, 0) is 6.42 Å². The van der Waals surface area contributed by atoms with Crippen molar-refractivity contribution in [2.24, 2.45) is 10.8 Å². The Kier molecular flexibility index (Phi) is 10.9. The lowest BCUT2D eigenvalue weighted by molar-refractivity contribution is -0.274. The number of unbranched alkanes of at least 4 members (excludes halogenated alkanes) is 2. The molecule has 2 aromatic carbocycles. The smallest absolute Gasteiger partial charge is 0.493 e. The molecule has 8 heteroatoms. The predicted octanol–water partition coefficient (Wildman–Crippen LogP) is 9.08. The summed E-state index contributed by atoms with van der Waals surface area (Å²) in [6.07, 6.45) is 2.08. The van der Waals surface area contributed by atoms with Gasteiger partial charge < -0.3 is 19.0 Å². The number of halogens is 3. The van der Waals surface area contributed by atoms with Gasteiger partial charge in [-0.25, -0.2) is 4.79 Å². The zero-order valence-corrected chi connectivity index (χ0v) is 24.8. The van der Waals surface area contributed by atoms with Crippen LogP contribution in [-0.4, -0.2) is 24.7 Å². The lowest BCUT2D eigenvalue weighted by Crippen LogP contribution is -2.24. The number of fused-ring (bicyclic) bond motifs is 1. The summed E-state index contributed by atoms with van der Waals surface area (Å²) in [7, 11) is 0. The van der Waals surface area contributed by atoms with Crippen LogP contribution >= 0.6 is 0 Å². The van der Waals surface area contributed by atoms with E-state index in [0.717, 1.165) is 44.9 Å². The monoisotopic (exact) mass is 576 g/mol. The maximum absolute atomic E-state index is 13.2. The third-order valence-corrected chi connectivity index (χ3v) is 7.35. The highest BCUT2D eigenvalue weighted by Gasteiger charge is 2.33. The van der Waals surface area contributed by atoms with Crippen molar-refractivity contribution in [3.63, 3.8) is 0 Å². The van der Waals surface area contributed by atoms with Gasteiger partial charge in [0.25, 0.3) is 0 Å². The van der Waals surface area contributed by atoms with E-state index in [9.17, 15) is 23.1 Å². The molecule has 0 radical (unpaired) electrons. The van der Waals surface area contributed by atoms with Crippen molar-refractivity contribution in [1.82, 2.24) is 0 Å². The number of rotatable bonds is 15. The molecule has 0 saturated carbocycles. The van der Waals surface area contributed by atoms with Crippen molar-refractivity contribution in [3.05, 3.63) is 58.4 Å². The first-order chi connectivity index (χ1) is 19.2. The molecule has 41 heavy (non-hydrogen) atoms. The Morgan fingerprint density at radius 1 is 0.878 bits per heavy atom. The second kappa shape index (κ2) is 13.8. The Hall–Kier alpha value is -3.00. The van der Waals surface area contributed by atoms with Crippen LogP contribution in [0.15, 0.2) is 51.7 Å². The van der Waals surface area contributed by atoms with Crippen LogP contribution in [0.5, 0.6) is 11.5 Å². The van der Waals surface area contributed by atoms with Gasteiger partial charge in [0.05, 0.1) is 12.2 Å². The molecule has 0 spiro atoms. The average molecular weight is 577 g/mol. The van der Waals surface area contributed by atoms with E-state index in [2.05, 4.69) is 39.4 Å². The molecule has 1 heterocycles. The molecule has 3 rings (SSSR count). The fourth-order valence-electron chi connectivity index (χ4n) is 5.62. The zero-order valence-electron chi connectivity index (χ0n) is 24.8. The summed E-state index contributed by atoms with van der Waals surface area (Å²) in [5, 5.41) is 9.87. The Bertz CT molecular complexity index is 1340. The quantitative estimate of drug-likeness (QED) is 0.144. The molecular formula is C33H43F3O5. The van der Waals surface area contributed by atoms with Crippen LogP contribution in [0.3, 0.4) is 0 Å². The first kappa shape index (κ1) is 32.5. The van der Waals surface area contributed by atoms with E-state index in [1.165, 1.54) is 18.2 Å². The minimum absolute atomic E-state index is 0.00289. The van der Waals surface area contributed by atoms with E-state index in [0.29, 0.717) is 29.7 Å². The summed E-state index contributed by atoms with van der Waals surface area (Å²) in [4.78, 5) is 12.9. The molecule has 0 aliphatic carbocycles. The van der Waals surface area contributed by atoms with Crippen LogP contribution in [0.2, 0.25) is 0 Å². The second-order valence-corrected chi connectivity index (χ2v) is 12.4. The van der Waals surface area contributed by atoms with Crippen molar-refractivity contribution in [2.75, 3.05) is 13.2 Å². The van der Waals surface area contributed by atoms with Gasteiger partial charge in [-0.15, -0.1) is 13.2 Å². The van der Waals surface area contributed by atoms with Crippen molar-refractivity contribution in [3.8, 4) is 22.6 Å². The Morgan fingerprint density at radius 3 is 2.29 bits per heavy atom. The van der Waals surface area contributed by atoms with Crippen LogP contribution in [0.25, 0.3) is 22.1 Å². The SMILES string of the molecule is CCCCCc1ccc(-c2cc3ccc(OCCCC(C)(C)CC(C)(C)CCO)cc3oc2=O)c(OC(F)(F)F)c1. The summed E-state index contributed by atoms with van der Waals surface area (Å²) < 4.78 is 55.4. The van der Waals surface area contributed by atoms with Crippen molar-refractivity contribution >= 4 is 11.0 Å². The van der Waals surface area contributed by atoms with Crippen LogP contribution < -0.4 is 15.1 Å². The van der Waals surface area contributed by atoms with E-state index in [1.54, 1.807) is 24.3 Å². The van der Waals surface area contributed by atoms with Gasteiger partial charge in [-0.1, -0.05) is 59.6 Å². The highest BCUT2D eigenvalue weighted by molar-refractivity contribution is 5.84. The van der Waals surface area contributed by atoms with E-state index in [4.69, 9.17) is 9.15 Å². The molecule has 5 nitrogen and oxygen atoms in total. The van der Waals surface area contributed by atoms with Gasteiger partial charge in [0.1, 0.15) is 17.1 Å². The number of hydrogen-bond acceptors (Lipinski definition) is 5. The maximum atomic E-state index is 13.2. The molecule has 1 aromatic heterocycles. The minimum atomic E-state index is -4.90. The van der Waals surface area contributed by atoms with E-state index in [-0.39, 0.29) is 34.1 Å². The minimum Gasteiger partial charge on any atom is -0.493 e. The van der Waals surface area contributed by atoms with Gasteiger partial charge in [0.15, 0.2) is 0 Å². The first-order valence-electron chi connectivity index (χ1n) is 14.4. The summed E-state index contributed by atoms with van der Waals surface area (Å²) in [6.45, 7) is 11.5. The van der Waals surface area contributed by atoms with Crippen molar-refractivity contribution in [1.29, 1.82) is 0 Å². The predicted molar refractivity (Wildman–Crippen MR) is 156 cm³/mol. The zero-order chi connectivity index (χ0) is 30.3. The van der Waals surface area contributed by atoms with Gasteiger partial charge >= 0.3 is 12.0 Å². The second-order valence-electron chi connectivity index (χ2n) is 12.4. The topological polar surface area (TPSA) is 68.9 Å². The molecule has 0 aliphatic rings. The highest BCUT2D eigenvalue weighted by atomic mass is 19.4. The van der Waals surface area contributed by atoms with Gasteiger partial charge in [0, 0.05) is 23.6 Å². The molecule has 226 valence electrons. The lowest BCUT2D eigenvalue weighted by atomic mass is 9.71. The molecular weight excluding hydrogens is 533 g/mol. The maximum Gasteiger partial charge on any atom is 0.573 e. The van der Waals surface area contributed by atoms with Crippen LogP contribution in [0, 0.1) is 10.8 Å². The Balaban J connectivity index is 1.75. The third-order valence-electron chi connectivity index (χ3n) is 7.35. The first-order valence-corrected chi connectivity index (χ1v) is 14.4. The van der Waals surface area contributed by atoms with E-state index in [1.807, 2.05) is 0 Å². The summed E-state index contributed by atoms with van der Waals surface area (Å²) in [5.41, 5.74) is 0.426. The summed E-state index contributed by atoms with van der Waals surface area (Å²) in [5.74, 6) is 0.130. The number of benzene rings is 2. The molecule has 0 amide bonds. The molecule has 0 unspecified atom stereocenters. The average Bonchev–Trinajstić information content (AvgIpc) is 2.85. The van der Waals surface area contributed by atoms with E-state index < -0.39 is 17.7 Å². The number of aliphatic hydroxyl groups is 1. The summed E-state index contributed by atoms with van der Waals surface area (Å²) in [6, 6.07) is 11.2. The van der Waals surface area contributed by atoms with E-state index >= 15 is 0 Å². The van der Waals surface area contributed by atoms with Crippen molar-refractivity contribution in [2.45, 2.75) is 92.3 Å². The number of aryl methyl sites for hydroxylation is 1. The largest absolute Gasteiger partial charge is 0.573 e. The highest BCUT2D eigenvalue weighted by Crippen LogP contribution is 2.39. The summed E-state index contributed by atoms with van der Waals surface area (Å²) >= 11 is 0. The fourth-order valence-corrected chi connectivity index (χ4v) is 5.62. The van der Waals surface area contributed by atoms with Gasteiger partial charge in [0.2, 0.25) is 0 Å². The standard InChI is InChI=1S/C33H43F3O5/c1-6-7-8-10-23-11-14-26(29(19-23)41-33(34,35)36)27-20-24-12-13-25(21-28(24)40-30(27)38)39-18-9-15-31(2,3)22-32(4,5)16-17-37/h11-14,19-21,37H,6-10,15-18,22H2,1-5H3. The number of hydrogen-bond donors (Lipinski definition) is 1. The number of alkyl halides is 3. The molecule has 1 N–H and O–H groups in total. The van der Waals surface area contributed by atoms with Gasteiger partial charge in [-0.2, -0.15) is 0 Å². The van der Waals surface area contributed by atoms with Crippen LogP contribution in [0.4, 0.5) is 13.2 Å². The molecule has 0 fully saturated rings. The van der Waals surface area contributed by atoms with Crippen molar-refractivity contribution < 1.29 is 32.2 Å². The molecule has 0 saturated heterocycles. The number of aliphatic hydroxyl groups excluding tert-OH is 1. The Morgan fingerprint density at radius 2 is 1.61 bits per heavy atom. The molecule has 0 bridgehead atoms. The van der Waals surface area contributed by atoms with Gasteiger partial charge in [-0.3, -0.25) is 0 Å². The normalized spacial score (nSPS) is 12.6. The fraction of sp³-hybridized carbons (Fsp3) is 0.545. The third kappa shape index (κ3) is 10.1.